The Labute approximate surface area is 143 Å². The van der Waals surface area contributed by atoms with Crippen LogP contribution in [0.2, 0.25) is 0 Å². The van der Waals surface area contributed by atoms with E-state index in [-0.39, 0.29) is 5.91 Å². The van der Waals surface area contributed by atoms with Gasteiger partial charge in [-0.3, -0.25) is 4.79 Å². The van der Waals surface area contributed by atoms with Gasteiger partial charge in [0.25, 0.3) is 5.91 Å². The van der Waals surface area contributed by atoms with Gasteiger partial charge in [-0.15, -0.1) is 0 Å². The fourth-order valence-corrected chi connectivity index (χ4v) is 2.66. The van der Waals surface area contributed by atoms with Crippen LogP contribution in [-0.2, 0) is 0 Å². The molecule has 0 fully saturated rings. The van der Waals surface area contributed by atoms with Crippen molar-refractivity contribution in [2.75, 3.05) is 5.32 Å². The summed E-state index contributed by atoms with van der Waals surface area (Å²) in [6.45, 7) is 3.62. The molecule has 0 bridgehead atoms. The van der Waals surface area contributed by atoms with Crippen LogP contribution in [0.3, 0.4) is 0 Å². The third kappa shape index (κ3) is 2.76. The average Bonchev–Trinajstić information content (AvgIpc) is 3.17. The number of hydrogen-bond donors (Lipinski definition) is 1. The molecule has 1 aromatic carbocycles. The summed E-state index contributed by atoms with van der Waals surface area (Å²) in [6, 6.07) is 10.9. The zero-order chi connectivity index (χ0) is 17.4. The number of benzene rings is 1. The zero-order valence-electron chi connectivity index (χ0n) is 13.7. The number of anilines is 1. The highest BCUT2D eigenvalue weighted by Gasteiger charge is 2.16. The number of oxazole rings is 1. The maximum atomic E-state index is 12.6. The number of carbonyl (C=O) groups excluding carboxylic acids is 1. The molecule has 0 aliphatic rings. The number of nitrogens with zero attached hydrogens (tertiary/aromatic N) is 4. The van der Waals surface area contributed by atoms with E-state index in [4.69, 9.17) is 4.42 Å². The van der Waals surface area contributed by atoms with Gasteiger partial charge in [0, 0.05) is 24.9 Å². The van der Waals surface area contributed by atoms with Crippen molar-refractivity contribution in [2.24, 2.45) is 0 Å². The number of rotatable bonds is 3. The molecule has 0 aliphatic heterocycles. The summed E-state index contributed by atoms with van der Waals surface area (Å²) in [5.41, 5.74) is 3.23. The largest absolute Gasteiger partial charge is 0.441 e. The Hall–Kier alpha value is -3.48. The topological polar surface area (TPSA) is 85.8 Å². The Balaban J connectivity index is 1.61. The molecule has 124 valence electrons. The average molecular weight is 333 g/mol. The van der Waals surface area contributed by atoms with Crippen molar-refractivity contribution in [2.45, 2.75) is 13.8 Å². The number of nitrogens with one attached hydrogen (secondary N) is 1. The Morgan fingerprint density at radius 1 is 1.20 bits per heavy atom. The molecule has 1 N–H and O–H groups in total. The maximum absolute atomic E-state index is 12.6. The molecule has 3 aromatic heterocycles. The summed E-state index contributed by atoms with van der Waals surface area (Å²) in [5, 5.41) is 7.13. The van der Waals surface area contributed by atoms with Crippen molar-refractivity contribution in [1.29, 1.82) is 0 Å². The molecule has 0 aliphatic carbocycles. The molecule has 0 atom stereocenters. The van der Waals surface area contributed by atoms with Gasteiger partial charge in [-0.2, -0.15) is 5.10 Å². The minimum Gasteiger partial charge on any atom is -0.441 e. The van der Waals surface area contributed by atoms with Crippen LogP contribution in [0.1, 0.15) is 21.9 Å². The lowest BCUT2D eigenvalue weighted by Crippen LogP contribution is -2.13. The molecular weight excluding hydrogens is 318 g/mol. The van der Waals surface area contributed by atoms with Gasteiger partial charge in [-0.1, -0.05) is 6.07 Å². The molecular formula is C18H15N5O2. The van der Waals surface area contributed by atoms with Crippen LogP contribution in [0.5, 0.6) is 0 Å². The van der Waals surface area contributed by atoms with Gasteiger partial charge in [0.2, 0.25) is 0 Å². The minimum atomic E-state index is -0.240. The number of aromatic nitrogens is 4. The van der Waals surface area contributed by atoms with E-state index in [1.54, 1.807) is 29.9 Å². The molecule has 0 spiro atoms. The molecule has 25 heavy (non-hydrogen) atoms. The van der Waals surface area contributed by atoms with E-state index < -0.39 is 0 Å². The van der Waals surface area contributed by atoms with E-state index in [9.17, 15) is 4.79 Å². The van der Waals surface area contributed by atoms with Gasteiger partial charge in [-0.25, -0.2) is 14.6 Å². The van der Waals surface area contributed by atoms with E-state index in [0.29, 0.717) is 34.2 Å². The number of aryl methyl sites for hydroxylation is 1. The molecule has 1 amide bonds. The van der Waals surface area contributed by atoms with E-state index in [1.807, 2.05) is 31.2 Å². The van der Waals surface area contributed by atoms with E-state index >= 15 is 0 Å². The Kier molecular flexibility index (Phi) is 3.53. The highest BCUT2D eigenvalue weighted by Crippen LogP contribution is 2.21. The molecule has 0 radical (unpaired) electrons. The first-order valence-electron chi connectivity index (χ1n) is 7.76. The Bertz CT molecular complexity index is 1070. The van der Waals surface area contributed by atoms with Crippen LogP contribution in [0, 0.1) is 13.8 Å². The Morgan fingerprint density at radius 3 is 2.88 bits per heavy atom. The zero-order valence-corrected chi connectivity index (χ0v) is 13.7. The summed E-state index contributed by atoms with van der Waals surface area (Å²) < 4.78 is 7.13. The highest BCUT2D eigenvalue weighted by molar-refractivity contribution is 6.05. The van der Waals surface area contributed by atoms with Gasteiger partial charge in [0.05, 0.1) is 17.5 Å². The van der Waals surface area contributed by atoms with Gasteiger partial charge < -0.3 is 9.73 Å². The van der Waals surface area contributed by atoms with Crippen LogP contribution in [0.25, 0.3) is 16.9 Å². The van der Waals surface area contributed by atoms with Crippen LogP contribution in [0.4, 0.5) is 5.69 Å². The van der Waals surface area contributed by atoms with E-state index in [1.165, 1.54) is 6.20 Å². The minimum absolute atomic E-state index is 0.240. The predicted molar refractivity (Wildman–Crippen MR) is 92.8 cm³/mol. The molecule has 7 nitrogen and oxygen atoms in total. The SMILES string of the molecule is Cc1nc2ccc(NC(=O)c3cnn(-c4ccccn4)c3C)cc2o1. The second-order valence-corrected chi connectivity index (χ2v) is 5.61. The van der Waals surface area contributed by atoms with Gasteiger partial charge >= 0.3 is 0 Å². The number of amides is 1. The maximum Gasteiger partial charge on any atom is 0.259 e. The molecule has 0 saturated carbocycles. The van der Waals surface area contributed by atoms with Crippen molar-refractivity contribution in [3.8, 4) is 5.82 Å². The number of fused-ring (bicyclic) bond motifs is 1. The Morgan fingerprint density at radius 2 is 2.08 bits per heavy atom. The van der Waals surface area contributed by atoms with Gasteiger partial charge in [-0.05, 0) is 31.2 Å². The molecule has 3 heterocycles. The van der Waals surface area contributed by atoms with Crippen LogP contribution in [0.15, 0.2) is 53.2 Å². The summed E-state index contributed by atoms with van der Waals surface area (Å²) in [5.74, 6) is 1.01. The predicted octanol–water partition coefficient (Wildman–Crippen LogP) is 3.28. The molecule has 0 saturated heterocycles. The van der Waals surface area contributed by atoms with Crippen molar-refractivity contribution in [3.05, 3.63) is 65.9 Å². The van der Waals surface area contributed by atoms with Crippen LogP contribution >= 0.6 is 0 Å². The molecule has 4 rings (SSSR count). The van der Waals surface area contributed by atoms with E-state index in [0.717, 1.165) is 5.52 Å². The highest BCUT2D eigenvalue weighted by atomic mass is 16.3. The van der Waals surface area contributed by atoms with E-state index in [2.05, 4.69) is 20.4 Å². The second-order valence-electron chi connectivity index (χ2n) is 5.61. The summed E-state index contributed by atoms with van der Waals surface area (Å²) in [6.07, 6.45) is 3.22. The first kappa shape index (κ1) is 15.1. The normalized spacial score (nSPS) is 11.0. The lowest BCUT2D eigenvalue weighted by atomic mass is 10.2. The third-order valence-electron chi connectivity index (χ3n) is 3.87. The fourth-order valence-electron chi connectivity index (χ4n) is 2.66. The summed E-state index contributed by atoms with van der Waals surface area (Å²) in [4.78, 5) is 21.1. The monoisotopic (exact) mass is 333 g/mol. The lowest BCUT2D eigenvalue weighted by Gasteiger charge is -2.06. The third-order valence-corrected chi connectivity index (χ3v) is 3.87. The molecule has 4 aromatic rings. The van der Waals surface area contributed by atoms with Gasteiger partial charge in [0.15, 0.2) is 17.3 Å². The van der Waals surface area contributed by atoms with Gasteiger partial charge in [0.1, 0.15) is 5.52 Å². The standard InChI is InChI=1S/C18H15N5O2/c1-11-14(10-20-23(11)17-5-3-4-8-19-17)18(24)22-13-6-7-15-16(9-13)25-12(2)21-15/h3-10H,1-2H3,(H,22,24). The van der Waals surface area contributed by atoms with Crippen molar-refractivity contribution >= 4 is 22.7 Å². The summed E-state index contributed by atoms with van der Waals surface area (Å²) >= 11 is 0. The second kappa shape index (κ2) is 5.86. The first-order valence-corrected chi connectivity index (χ1v) is 7.76. The number of carbonyl (C=O) groups is 1. The first-order chi connectivity index (χ1) is 12.1. The number of hydrogen-bond acceptors (Lipinski definition) is 5. The van der Waals surface area contributed by atoms with Crippen LogP contribution < -0.4 is 5.32 Å². The molecule has 0 unspecified atom stereocenters. The fraction of sp³-hybridized carbons (Fsp3) is 0.111. The van der Waals surface area contributed by atoms with Crippen LogP contribution in [-0.4, -0.2) is 25.7 Å². The quantitative estimate of drug-likeness (QED) is 0.622. The molecule has 7 heteroatoms. The van der Waals surface area contributed by atoms with Crippen molar-refractivity contribution < 1.29 is 9.21 Å². The smallest absolute Gasteiger partial charge is 0.259 e. The van der Waals surface area contributed by atoms with Crippen molar-refractivity contribution in [3.63, 3.8) is 0 Å². The summed E-state index contributed by atoms with van der Waals surface area (Å²) in [7, 11) is 0. The lowest BCUT2D eigenvalue weighted by molar-refractivity contribution is 0.102. The number of pyridine rings is 1. The van der Waals surface area contributed by atoms with Crippen molar-refractivity contribution in [1.82, 2.24) is 19.7 Å².